The number of carbonyl (C=O) groups excluding carboxylic acids is 6. The van der Waals surface area contributed by atoms with Crippen LogP contribution < -0.4 is 49.5 Å². The highest BCUT2D eigenvalue weighted by Gasteiger charge is 2.40. The van der Waals surface area contributed by atoms with Crippen LogP contribution in [0.2, 0.25) is 0 Å². The third-order valence-corrected chi connectivity index (χ3v) is 9.94. The molecule has 0 aromatic carbocycles. The molecule has 0 unspecified atom stereocenters. The van der Waals surface area contributed by atoms with E-state index >= 15 is 0 Å². The summed E-state index contributed by atoms with van der Waals surface area (Å²) in [5.41, 5.74) is 22.4. The molecule has 308 valence electrons. The number of guanidine groups is 1. The van der Waals surface area contributed by atoms with Crippen molar-refractivity contribution < 1.29 is 28.8 Å². The summed E-state index contributed by atoms with van der Waals surface area (Å²) < 4.78 is 0. The van der Waals surface area contributed by atoms with Crippen LogP contribution in [0.3, 0.4) is 0 Å². The highest BCUT2D eigenvalue weighted by Crippen LogP contribution is 2.21. The molecule has 2 aliphatic rings. The number of amides is 6. The molecule has 13 N–H and O–H groups in total. The SMILES string of the molecule is CCCCCCCC(=O)NCCCC[C@@H]1NC(=O)[C@H]2CCCN2C(=O)[C@H](CCCN=C(N)N)NC(=O)[C@H](CCCCN)NC(=O)[C@H](CCCCN)NC1=O. The Bertz CT molecular complexity index is 1210. The molecular formula is C37H69N11O6. The van der Waals surface area contributed by atoms with Gasteiger partial charge in [0.25, 0.3) is 0 Å². The number of nitrogens with one attached hydrogen (secondary N) is 5. The molecule has 17 nitrogen and oxygen atoms in total. The summed E-state index contributed by atoms with van der Waals surface area (Å²) >= 11 is 0. The second-order valence-corrected chi connectivity index (χ2v) is 14.5. The number of fused-ring (bicyclic) bond motifs is 1. The van der Waals surface area contributed by atoms with Gasteiger partial charge in [0, 0.05) is 26.1 Å². The van der Waals surface area contributed by atoms with Gasteiger partial charge >= 0.3 is 0 Å². The minimum absolute atomic E-state index is 0.00683. The van der Waals surface area contributed by atoms with Gasteiger partial charge in [-0.2, -0.15) is 0 Å². The van der Waals surface area contributed by atoms with E-state index in [2.05, 4.69) is 38.5 Å². The second kappa shape index (κ2) is 26.7. The summed E-state index contributed by atoms with van der Waals surface area (Å²) in [6, 6.07) is -4.88. The number of hydrogen-bond acceptors (Lipinski definition) is 9. The first-order valence-corrected chi connectivity index (χ1v) is 20.3. The van der Waals surface area contributed by atoms with Crippen LogP contribution in [0.4, 0.5) is 0 Å². The van der Waals surface area contributed by atoms with Crippen molar-refractivity contribution >= 4 is 41.4 Å². The fourth-order valence-corrected chi connectivity index (χ4v) is 6.82. The first-order chi connectivity index (χ1) is 26.0. The lowest BCUT2D eigenvalue weighted by Crippen LogP contribution is -2.57. The quantitative estimate of drug-likeness (QED) is 0.0378. The molecule has 2 rings (SSSR count). The molecule has 2 fully saturated rings. The molecule has 0 radical (unpaired) electrons. The topological polar surface area (TPSA) is 282 Å². The number of nitrogens with zero attached hydrogens (tertiary/aromatic N) is 2. The number of nitrogens with two attached hydrogens (primary N) is 4. The Hall–Kier alpha value is -3.99. The van der Waals surface area contributed by atoms with Crippen LogP contribution in [0.1, 0.15) is 129 Å². The van der Waals surface area contributed by atoms with Crippen molar-refractivity contribution in [3.63, 3.8) is 0 Å². The molecule has 2 saturated heterocycles. The van der Waals surface area contributed by atoms with Crippen LogP contribution in [0, 0.1) is 0 Å². The van der Waals surface area contributed by atoms with E-state index < -0.39 is 59.7 Å². The molecule has 5 atom stereocenters. The largest absolute Gasteiger partial charge is 0.370 e. The summed E-state index contributed by atoms with van der Waals surface area (Å²) in [5, 5.41) is 14.3. The maximum absolute atomic E-state index is 14.1. The van der Waals surface area contributed by atoms with Gasteiger partial charge in [0.15, 0.2) is 5.96 Å². The van der Waals surface area contributed by atoms with E-state index in [0.29, 0.717) is 90.4 Å². The molecule has 17 heteroatoms. The standard InChI is InChI=1S/C37H69N11O6/c1-2-3-4-5-6-20-31(49)42-23-12-9-17-28-33(51)44-26(15-7-10-21-38)32(50)45-27(16-8-11-22-39)34(52)47-29(18-13-24-43-37(40)41)36(54)48-25-14-19-30(48)35(53)46-28/h26-30H,2-25,38-39H2,1H3,(H,42,49)(H,44,51)(H,45,50)(H,46,53)(H,47,52)(H4,40,41,43)/t26-,27-,28-,29-,30+/m0/s1. The summed E-state index contributed by atoms with van der Waals surface area (Å²) in [6.07, 6.45) is 11.4. The third kappa shape index (κ3) is 17.4. The lowest BCUT2D eigenvalue weighted by atomic mass is 10.0. The van der Waals surface area contributed by atoms with Gasteiger partial charge in [-0.15, -0.1) is 0 Å². The van der Waals surface area contributed by atoms with E-state index in [9.17, 15) is 28.8 Å². The summed E-state index contributed by atoms with van der Waals surface area (Å²) in [5.74, 6) is -2.67. The Kier molecular flexibility index (Phi) is 22.9. The number of hydrogen-bond donors (Lipinski definition) is 9. The first-order valence-electron chi connectivity index (χ1n) is 20.3. The van der Waals surface area contributed by atoms with Crippen LogP contribution in [-0.2, 0) is 28.8 Å². The van der Waals surface area contributed by atoms with E-state index in [-0.39, 0.29) is 44.1 Å². The zero-order valence-corrected chi connectivity index (χ0v) is 32.5. The predicted octanol–water partition coefficient (Wildman–Crippen LogP) is -0.111. The highest BCUT2D eigenvalue weighted by atomic mass is 16.2. The van der Waals surface area contributed by atoms with Crippen molar-refractivity contribution in [1.29, 1.82) is 0 Å². The summed E-state index contributed by atoms with van der Waals surface area (Å²) in [4.78, 5) is 87.3. The van der Waals surface area contributed by atoms with Gasteiger partial charge in [-0.25, -0.2) is 0 Å². The minimum atomic E-state index is -1.01. The average molecular weight is 764 g/mol. The Balaban J connectivity index is 2.34. The van der Waals surface area contributed by atoms with Crippen molar-refractivity contribution in [2.75, 3.05) is 32.7 Å². The monoisotopic (exact) mass is 764 g/mol. The molecule has 0 aliphatic carbocycles. The summed E-state index contributed by atoms with van der Waals surface area (Å²) in [6.45, 7) is 3.90. The van der Waals surface area contributed by atoms with Crippen molar-refractivity contribution in [3.8, 4) is 0 Å². The molecule has 0 aromatic rings. The van der Waals surface area contributed by atoms with Crippen LogP contribution in [0.25, 0.3) is 0 Å². The Labute approximate surface area is 321 Å². The van der Waals surface area contributed by atoms with Crippen LogP contribution in [0.15, 0.2) is 4.99 Å². The Morgan fingerprint density at radius 1 is 0.685 bits per heavy atom. The second-order valence-electron chi connectivity index (χ2n) is 14.5. The molecular weight excluding hydrogens is 694 g/mol. The van der Waals surface area contributed by atoms with Gasteiger partial charge in [-0.1, -0.05) is 32.6 Å². The molecule has 0 spiro atoms. The van der Waals surface area contributed by atoms with Gasteiger partial charge in [0.1, 0.15) is 30.2 Å². The lowest BCUT2D eigenvalue weighted by Gasteiger charge is -2.30. The van der Waals surface area contributed by atoms with E-state index in [1.807, 2.05) is 0 Å². The van der Waals surface area contributed by atoms with E-state index in [0.717, 1.165) is 32.1 Å². The molecule has 2 heterocycles. The fourth-order valence-electron chi connectivity index (χ4n) is 6.82. The number of carbonyl (C=O) groups is 6. The molecule has 0 aromatic heterocycles. The maximum atomic E-state index is 14.1. The Morgan fingerprint density at radius 3 is 1.76 bits per heavy atom. The predicted molar refractivity (Wildman–Crippen MR) is 208 cm³/mol. The van der Waals surface area contributed by atoms with Crippen LogP contribution in [-0.4, -0.2) is 109 Å². The minimum Gasteiger partial charge on any atom is -0.370 e. The molecule has 0 bridgehead atoms. The van der Waals surface area contributed by atoms with Crippen LogP contribution in [0.5, 0.6) is 0 Å². The van der Waals surface area contributed by atoms with E-state index in [1.165, 1.54) is 4.90 Å². The normalized spacial score (nSPS) is 22.6. The first kappa shape index (κ1) is 46.2. The van der Waals surface area contributed by atoms with Gasteiger partial charge in [-0.05, 0) is 103 Å². The van der Waals surface area contributed by atoms with Crippen molar-refractivity contribution in [1.82, 2.24) is 31.5 Å². The zero-order chi connectivity index (χ0) is 39.7. The molecule has 6 amide bonds. The number of aliphatic imine (C=N–C) groups is 1. The molecule has 0 saturated carbocycles. The maximum Gasteiger partial charge on any atom is 0.245 e. The average Bonchev–Trinajstić information content (AvgIpc) is 3.64. The smallest absolute Gasteiger partial charge is 0.245 e. The lowest BCUT2D eigenvalue weighted by molar-refractivity contribution is -0.142. The van der Waals surface area contributed by atoms with Gasteiger partial charge < -0.3 is 54.4 Å². The third-order valence-electron chi connectivity index (χ3n) is 9.94. The number of rotatable bonds is 23. The van der Waals surface area contributed by atoms with Gasteiger partial charge in [0.05, 0.1) is 0 Å². The van der Waals surface area contributed by atoms with E-state index in [1.54, 1.807) is 0 Å². The van der Waals surface area contributed by atoms with Crippen molar-refractivity contribution in [2.24, 2.45) is 27.9 Å². The Morgan fingerprint density at radius 2 is 1.20 bits per heavy atom. The van der Waals surface area contributed by atoms with Crippen LogP contribution >= 0.6 is 0 Å². The number of unbranched alkanes of at least 4 members (excludes halogenated alkanes) is 7. The van der Waals surface area contributed by atoms with Gasteiger partial charge in [0.2, 0.25) is 35.4 Å². The molecule has 2 aliphatic heterocycles. The fraction of sp³-hybridized carbons (Fsp3) is 0.811. The zero-order valence-electron chi connectivity index (χ0n) is 32.5. The summed E-state index contributed by atoms with van der Waals surface area (Å²) in [7, 11) is 0. The highest BCUT2D eigenvalue weighted by molar-refractivity contribution is 5.98. The van der Waals surface area contributed by atoms with E-state index in [4.69, 9.17) is 22.9 Å². The molecule has 54 heavy (non-hydrogen) atoms. The van der Waals surface area contributed by atoms with Crippen molar-refractivity contribution in [3.05, 3.63) is 0 Å². The van der Waals surface area contributed by atoms with Crippen molar-refractivity contribution in [2.45, 2.75) is 159 Å². The van der Waals surface area contributed by atoms with Gasteiger partial charge in [-0.3, -0.25) is 33.8 Å².